The lowest BCUT2D eigenvalue weighted by molar-refractivity contribution is 0.277. The van der Waals surface area contributed by atoms with E-state index in [1.165, 1.54) is 11.1 Å². The number of hydrogen-bond acceptors (Lipinski definition) is 3. The van der Waals surface area contributed by atoms with Gasteiger partial charge in [0.2, 0.25) is 0 Å². The Morgan fingerprint density at radius 2 is 1.83 bits per heavy atom. The molecule has 0 saturated heterocycles. The first kappa shape index (κ1) is 13.3. The maximum atomic E-state index is 5.69. The summed E-state index contributed by atoms with van der Waals surface area (Å²) in [5.74, 6) is 0. The largest absolute Gasteiger partial charge is 0.329 e. The summed E-state index contributed by atoms with van der Waals surface area (Å²) in [4.78, 5) is 2.43. The zero-order valence-corrected chi connectivity index (χ0v) is 11.4. The SMILES string of the molecule is NCCN(CCc1ccccc1)Cc1ccsc1. The molecular formula is C15H20N2S. The maximum Gasteiger partial charge on any atom is 0.0242 e. The van der Waals surface area contributed by atoms with Crippen LogP contribution < -0.4 is 5.73 Å². The molecule has 0 saturated carbocycles. The molecule has 0 bridgehead atoms. The third-order valence-corrected chi connectivity index (χ3v) is 3.72. The fraction of sp³-hybridized carbons (Fsp3) is 0.333. The summed E-state index contributed by atoms with van der Waals surface area (Å²) >= 11 is 1.76. The van der Waals surface area contributed by atoms with Crippen LogP contribution >= 0.6 is 11.3 Å². The molecule has 0 radical (unpaired) electrons. The van der Waals surface area contributed by atoms with Crippen molar-refractivity contribution < 1.29 is 0 Å². The average molecular weight is 260 g/mol. The molecule has 0 aliphatic rings. The monoisotopic (exact) mass is 260 g/mol. The zero-order valence-electron chi connectivity index (χ0n) is 10.6. The van der Waals surface area contributed by atoms with Crippen LogP contribution in [0, 0.1) is 0 Å². The van der Waals surface area contributed by atoms with Crippen LogP contribution in [-0.2, 0) is 13.0 Å². The van der Waals surface area contributed by atoms with Crippen LogP contribution in [0.15, 0.2) is 47.2 Å². The van der Waals surface area contributed by atoms with Crippen LogP contribution in [0.3, 0.4) is 0 Å². The number of nitrogens with two attached hydrogens (primary N) is 1. The molecule has 1 aromatic heterocycles. The van der Waals surface area contributed by atoms with E-state index < -0.39 is 0 Å². The predicted octanol–water partition coefficient (Wildman–Crippen LogP) is 2.75. The van der Waals surface area contributed by atoms with Gasteiger partial charge in [-0.05, 0) is 34.4 Å². The summed E-state index contributed by atoms with van der Waals surface area (Å²) in [6, 6.07) is 12.8. The molecule has 0 spiro atoms. The summed E-state index contributed by atoms with van der Waals surface area (Å²) in [6.45, 7) is 3.76. The molecule has 1 heterocycles. The minimum absolute atomic E-state index is 0.721. The lowest BCUT2D eigenvalue weighted by atomic mass is 10.1. The van der Waals surface area contributed by atoms with Gasteiger partial charge in [0.15, 0.2) is 0 Å². The molecule has 1 aromatic carbocycles. The molecule has 0 atom stereocenters. The molecule has 0 aliphatic heterocycles. The molecule has 0 amide bonds. The first-order valence-electron chi connectivity index (χ1n) is 6.36. The average Bonchev–Trinajstić information content (AvgIpc) is 2.90. The van der Waals surface area contributed by atoms with Crippen molar-refractivity contribution in [2.45, 2.75) is 13.0 Å². The molecule has 0 unspecified atom stereocenters. The predicted molar refractivity (Wildman–Crippen MR) is 78.8 cm³/mol. The standard InChI is InChI=1S/C15H20N2S/c16-8-10-17(12-15-7-11-18-13-15)9-6-14-4-2-1-3-5-14/h1-5,7,11,13H,6,8-10,12,16H2. The van der Waals surface area contributed by atoms with Crippen LogP contribution in [0.5, 0.6) is 0 Å². The van der Waals surface area contributed by atoms with E-state index in [4.69, 9.17) is 5.73 Å². The molecule has 2 rings (SSSR count). The lowest BCUT2D eigenvalue weighted by Crippen LogP contribution is -2.30. The van der Waals surface area contributed by atoms with Gasteiger partial charge in [0.25, 0.3) is 0 Å². The summed E-state index contributed by atoms with van der Waals surface area (Å²) < 4.78 is 0. The Balaban J connectivity index is 1.86. The number of nitrogens with zero attached hydrogens (tertiary/aromatic N) is 1. The minimum Gasteiger partial charge on any atom is -0.329 e. The van der Waals surface area contributed by atoms with Crippen LogP contribution in [0.1, 0.15) is 11.1 Å². The molecule has 96 valence electrons. The Labute approximate surface area is 113 Å². The van der Waals surface area contributed by atoms with Crippen LogP contribution in [-0.4, -0.2) is 24.5 Å². The van der Waals surface area contributed by atoms with E-state index in [2.05, 4.69) is 52.1 Å². The lowest BCUT2D eigenvalue weighted by Gasteiger charge is -2.21. The van der Waals surface area contributed by atoms with Crippen LogP contribution in [0.2, 0.25) is 0 Å². The van der Waals surface area contributed by atoms with E-state index >= 15 is 0 Å². The van der Waals surface area contributed by atoms with Crippen molar-refractivity contribution in [3.63, 3.8) is 0 Å². The van der Waals surface area contributed by atoms with E-state index in [0.29, 0.717) is 0 Å². The Hall–Kier alpha value is -1.16. The minimum atomic E-state index is 0.721. The first-order chi connectivity index (χ1) is 8.88. The van der Waals surface area contributed by atoms with Gasteiger partial charge in [-0.25, -0.2) is 0 Å². The van der Waals surface area contributed by atoms with Gasteiger partial charge in [-0.2, -0.15) is 11.3 Å². The van der Waals surface area contributed by atoms with E-state index in [-0.39, 0.29) is 0 Å². The highest BCUT2D eigenvalue weighted by molar-refractivity contribution is 7.07. The van der Waals surface area contributed by atoms with Crippen LogP contribution in [0.4, 0.5) is 0 Å². The second kappa shape index (κ2) is 7.31. The molecule has 2 N–H and O–H groups in total. The highest BCUT2D eigenvalue weighted by Crippen LogP contribution is 2.10. The molecule has 2 aromatic rings. The van der Waals surface area contributed by atoms with Gasteiger partial charge in [-0.3, -0.25) is 4.90 Å². The van der Waals surface area contributed by atoms with E-state index in [9.17, 15) is 0 Å². The van der Waals surface area contributed by atoms with Crippen LogP contribution in [0.25, 0.3) is 0 Å². The third-order valence-electron chi connectivity index (χ3n) is 2.99. The highest BCUT2D eigenvalue weighted by Gasteiger charge is 2.05. The Morgan fingerprint density at radius 1 is 1.00 bits per heavy atom. The molecule has 0 fully saturated rings. The molecule has 18 heavy (non-hydrogen) atoms. The number of benzene rings is 1. The van der Waals surface area contributed by atoms with Crippen molar-refractivity contribution in [3.8, 4) is 0 Å². The quantitative estimate of drug-likeness (QED) is 0.829. The van der Waals surface area contributed by atoms with Crippen molar-refractivity contribution in [3.05, 3.63) is 58.3 Å². The highest BCUT2D eigenvalue weighted by atomic mass is 32.1. The summed E-state index contributed by atoms with van der Waals surface area (Å²) in [5.41, 5.74) is 8.47. The van der Waals surface area contributed by atoms with Gasteiger partial charge in [0.05, 0.1) is 0 Å². The molecule has 3 heteroatoms. The van der Waals surface area contributed by atoms with Crippen molar-refractivity contribution in [2.24, 2.45) is 5.73 Å². The van der Waals surface area contributed by atoms with E-state index in [1.54, 1.807) is 11.3 Å². The Kier molecular flexibility index (Phi) is 5.39. The Bertz CT molecular complexity index is 425. The topological polar surface area (TPSA) is 29.3 Å². The molecular weight excluding hydrogens is 240 g/mol. The summed E-state index contributed by atoms with van der Waals surface area (Å²) in [5, 5.41) is 4.35. The van der Waals surface area contributed by atoms with Gasteiger partial charge in [0, 0.05) is 26.2 Å². The van der Waals surface area contributed by atoms with Gasteiger partial charge in [-0.1, -0.05) is 30.3 Å². The Morgan fingerprint density at radius 3 is 2.50 bits per heavy atom. The summed E-state index contributed by atoms with van der Waals surface area (Å²) in [6.07, 6.45) is 1.09. The molecule has 0 aliphatic carbocycles. The van der Waals surface area contributed by atoms with Crippen molar-refractivity contribution in [1.29, 1.82) is 0 Å². The third kappa shape index (κ3) is 4.26. The smallest absolute Gasteiger partial charge is 0.0242 e. The van der Waals surface area contributed by atoms with Gasteiger partial charge in [0.1, 0.15) is 0 Å². The number of rotatable bonds is 7. The van der Waals surface area contributed by atoms with Crippen molar-refractivity contribution >= 4 is 11.3 Å². The normalized spacial score (nSPS) is 11.0. The van der Waals surface area contributed by atoms with Gasteiger partial charge >= 0.3 is 0 Å². The fourth-order valence-electron chi connectivity index (χ4n) is 2.03. The first-order valence-corrected chi connectivity index (χ1v) is 7.30. The van der Waals surface area contributed by atoms with Gasteiger partial charge in [-0.15, -0.1) is 0 Å². The van der Waals surface area contributed by atoms with Gasteiger partial charge < -0.3 is 5.73 Å². The molecule has 2 nitrogen and oxygen atoms in total. The number of thiophene rings is 1. The van der Waals surface area contributed by atoms with Crippen molar-refractivity contribution in [2.75, 3.05) is 19.6 Å². The van der Waals surface area contributed by atoms with Crippen molar-refractivity contribution in [1.82, 2.24) is 4.90 Å². The second-order valence-electron chi connectivity index (χ2n) is 4.43. The van der Waals surface area contributed by atoms with E-state index in [1.807, 2.05) is 0 Å². The zero-order chi connectivity index (χ0) is 12.6. The fourth-order valence-corrected chi connectivity index (χ4v) is 2.69. The number of hydrogen-bond donors (Lipinski definition) is 1. The summed E-state index contributed by atoms with van der Waals surface area (Å²) in [7, 11) is 0. The van der Waals surface area contributed by atoms with E-state index in [0.717, 1.165) is 32.6 Å². The second-order valence-corrected chi connectivity index (χ2v) is 5.21. The maximum absolute atomic E-state index is 5.69.